The molecule has 3 aromatic carbocycles. The molecule has 1 unspecified atom stereocenters. The molecule has 0 aliphatic carbocycles. The van der Waals surface area contributed by atoms with E-state index in [0.717, 1.165) is 0 Å². The zero-order valence-corrected chi connectivity index (χ0v) is 17.8. The Morgan fingerprint density at radius 2 is 1.59 bits per heavy atom. The van der Waals surface area contributed by atoms with Gasteiger partial charge in [0.25, 0.3) is 0 Å². The third-order valence-corrected chi connectivity index (χ3v) is 6.48. The van der Waals surface area contributed by atoms with Crippen LogP contribution in [-0.2, 0) is 0 Å². The van der Waals surface area contributed by atoms with Gasteiger partial charge in [-0.05, 0) is 0 Å². The van der Waals surface area contributed by atoms with Gasteiger partial charge in [0.05, 0.1) is 0 Å². The molecule has 0 aliphatic rings. The third kappa shape index (κ3) is 5.81. The van der Waals surface area contributed by atoms with Crippen LogP contribution in [0.4, 0.5) is 4.39 Å². The van der Waals surface area contributed by atoms with Crippen molar-refractivity contribution in [1.82, 2.24) is 0 Å². The zero-order valence-electron chi connectivity index (χ0n) is 16.1. The molecule has 0 bridgehead atoms. The van der Waals surface area contributed by atoms with Gasteiger partial charge in [-0.15, -0.1) is 0 Å². The third-order valence-electron chi connectivity index (χ3n) is 4.35. The van der Waals surface area contributed by atoms with Crippen molar-refractivity contribution >= 4 is 25.2 Å². The van der Waals surface area contributed by atoms with E-state index in [1.807, 2.05) is 48.5 Å². The molecule has 0 amide bonds. The molecule has 0 N–H and O–H groups in total. The summed E-state index contributed by atoms with van der Waals surface area (Å²) in [7, 11) is 1.55. The molecule has 1 atom stereocenters. The van der Waals surface area contributed by atoms with E-state index in [1.54, 1.807) is 43.5 Å². The van der Waals surface area contributed by atoms with Gasteiger partial charge >= 0.3 is 177 Å². The summed E-state index contributed by atoms with van der Waals surface area (Å²) in [5.41, 5.74) is -1.26. The Hall–Kier alpha value is -2.86. The van der Waals surface area contributed by atoms with Crippen LogP contribution >= 0.6 is 0 Å². The van der Waals surface area contributed by atoms with Crippen molar-refractivity contribution in [3.8, 4) is 17.6 Å². The van der Waals surface area contributed by atoms with Crippen LogP contribution < -0.4 is 9.20 Å². The number of carbonyl (C=O) groups excluding carboxylic acids is 1. The minimum absolute atomic E-state index is 0.0621. The van der Waals surface area contributed by atoms with Gasteiger partial charge in [0, 0.05) is 0 Å². The van der Waals surface area contributed by atoms with Crippen molar-refractivity contribution < 1.29 is 13.9 Å². The molecule has 4 heteroatoms. The molecule has 0 aromatic heterocycles. The Morgan fingerprint density at radius 3 is 2.21 bits per heavy atom. The standard InChI is InChI=1S/C25H21FO2Se/c1-28-22-14-12-21(13-15-22)24(27)25(26,17-16-20-8-4-2-5-9-20)18-19-29-23-10-6-3-7-11-23/h2-15H,18-19H2,1H3. The molecule has 0 spiro atoms. The molecule has 0 heterocycles. The molecule has 3 rings (SSSR count). The Labute approximate surface area is 177 Å². The monoisotopic (exact) mass is 452 g/mol. The van der Waals surface area contributed by atoms with Gasteiger partial charge in [0.2, 0.25) is 0 Å². The van der Waals surface area contributed by atoms with E-state index in [1.165, 1.54) is 4.46 Å². The molecule has 0 fully saturated rings. The van der Waals surface area contributed by atoms with Crippen molar-refractivity contribution in [2.45, 2.75) is 17.4 Å². The van der Waals surface area contributed by atoms with Crippen LogP contribution in [0.1, 0.15) is 22.3 Å². The number of Topliss-reactive ketones (excluding diaryl/α,β-unsaturated/α-hetero) is 1. The first-order chi connectivity index (χ1) is 14.1. The van der Waals surface area contributed by atoms with Crippen LogP contribution in [0.5, 0.6) is 5.75 Å². The molecule has 2 nitrogen and oxygen atoms in total. The van der Waals surface area contributed by atoms with Crippen LogP contribution in [-0.4, -0.2) is 33.5 Å². The van der Waals surface area contributed by atoms with Crippen LogP contribution in [0, 0.1) is 11.8 Å². The predicted octanol–water partition coefficient (Wildman–Crippen LogP) is 4.48. The minimum atomic E-state index is -2.24. The number of carbonyl (C=O) groups is 1. The first kappa shape index (κ1) is 20.9. The van der Waals surface area contributed by atoms with E-state index < -0.39 is 11.5 Å². The fraction of sp³-hybridized carbons (Fsp3) is 0.160. The summed E-state index contributed by atoms with van der Waals surface area (Å²) in [6.45, 7) is 0. The molecule has 146 valence electrons. The quantitative estimate of drug-likeness (QED) is 0.301. The SMILES string of the molecule is COc1ccc(C(=O)C(F)(C#Cc2ccccc2)CC[Se]c2ccccc2)cc1. The zero-order chi connectivity index (χ0) is 20.5. The second-order valence-corrected chi connectivity index (χ2v) is 8.84. The number of ether oxygens (including phenoxy) is 1. The summed E-state index contributed by atoms with van der Waals surface area (Å²) < 4.78 is 22.2. The van der Waals surface area contributed by atoms with Crippen LogP contribution in [0.3, 0.4) is 0 Å². The van der Waals surface area contributed by atoms with Crippen molar-refractivity contribution in [2.75, 3.05) is 7.11 Å². The number of alkyl halides is 1. The Morgan fingerprint density at radius 1 is 0.966 bits per heavy atom. The van der Waals surface area contributed by atoms with E-state index in [4.69, 9.17) is 4.74 Å². The molecular weight excluding hydrogens is 430 g/mol. The fourth-order valence-corrected chi connectivity index (χ4v) is 4.76. The average Bonchev–Trinajstić information content (AvgIpc) is 2.79. The van der Waals surface area contributed by atoms with E-state index in [2.05, 4.69) is 11.8 Å². The molecule has 0 radical (unpaired) electrons. The number of methoxy groups -OCH3 is 1. The number of hydrogen-bond donors (Lipinski definition) is 0. The average molecular weight is 451 g/mol. The summed E-state index contributed by atoms with van der Waals surface area (Å²) in [5, 5.41) is 0.582. The van der Waals surface area contributed by atoms with Crippen LogP contribution in [0.2, 0.25) is 5.32 Å². The van der Waals surface area contributed by atoms with E-state index in [9.17, 15) is 4.79 Å². The first-order valence-corrected chi connectivity index (χ1v) is 11.3. The molecule has 0 saturated heterocycles. The van der Waals surface area contributed by atoms with E-state index >= 15 is 4.39 Å². The van der Waals surface area contributed by atoms with Crippen molar-refractivity contribution in [2.24, 2.45) is 0 Å². The van der Waals surface area contributed by atoms with Gasteiger partial charge in [-0.25, -0.2) is 0 Å². The second-order valence-electron chi connectivity index (χ2n) is 6.39. The van der Waals surface area contributed by atoms with E-state index in [0.29, 0.717) is 22.2 Å². The van der Waals surface area contributed by atoms with Crippen LogP contribution in [0.25, 0.3) is 0 Å². The Balaban J connectivity index is 1.83. The maximum atomic E-state index is 15.9. The van der Waals surface area contributed by atoms with Gasteiger partial charge in [-0.3, -0.25) is 0 Å². The Bertz CT molecular complexity index is 992. The van der Waals surface area contributed by atoms with Gasteiger partial charge in [-0.2, -0.15) is 0 Å². The second kappa shape index (κ2) is 10.1. The van der Waals surface area contributed by atoms with Crippen LogP contribution in [0.15, 0.2) is 84.9 Å². The topological polar surface area (TPSA) is 26.3 Å². The van der Waals surface area contributed by atoms with Gasteiger partial charge in [-0.1, -0.05) is 0 Å². The van der Waals surface area contributed by atoms with Gasteiger partial charge < -0.3 is 0 Å². The van der Waals surface area contributed by atoms with Gasteiger partial charge in [0.15, 0.2) is 0 Å². The molecule has 0 saturated carbocycles. The number of rotatable bonds is 7. The fourth-order valence-electron chi connectivity index (χ4n) is 2.72. The molecule has 3 aromatic rings. The summed E-state index contributed by atoms with van der Waals surface area (Å²) >= 11 is 0.0766. The molecule has 0 aliphatic heterocycles. The number of halogens is 1. The van der Waals surface area contributed by atoms with E-state index in [-0.39, 0.29) is 21.4 Å². The van der Waals surface area contributed by atoms with Gasteiger partial charge in [0.1, 0.15) is 0 Å². The van der Waals surface area contributed by atoms with Crippen molar-refractivity contribution in [3.05, 3.63) is 96.1 Å². The van der Waals surface area contributed by atoms with Crippen molar-refractivity contribution in [3.63, 3.8) is 0 Å². The number of ketones is 1. The normalized spacial score (nSPS) is 12.3. The Kier molecular flexibility index (Phi) is 7.25. The number of benzene rings is 3. The molecular formula is C25H21FO2Se. The summed E-state index contributed by atoms with van der Waals surface area (Å²) in [6.07, 6.45) is 0.0621. The predicted molar refractivity (Wildman–Crippen MR) is 116 cm³/mol. The summed E-state index contributed by atoms with van der Waals surface area (Å²) in [5.74, 6) is 5.50. The van der Waals surface area contributed by atoms with Crippen molar-refractivity contribution in [1.29, 1.82) is 0 Å². The summed E-state index contributed by atoms with van der Waals surface area (Å²) in [4.78, 5) is 13.0. The maximum absolute atomic E-state index is 15.9. The molecule has 29 heavy (non-hydrogen) atoms. The number of hydrogen-bond acceptors (Lipinski definition) is 2. The summed E-state index contributed by atoms with van der Waals surface area (Å²) in [6, 6.07) is 25.6. The first-order valence-electron chi connectivity index (χ1n) is 9.24.